The highest BCUT2D eigenvalue weighted by atomic mass is 16.3. The lowest BCUT2D eigenvalue weighted by Gasteiger charge is -2.12. The topological polar surface area (TPSA) is 62.2 Å². The second kappa shape index (κ2) is 4.53. The molecule has 0 aromatic carbocycles. The van der Waals surface area contributed by atoms with Crippen LogP contribution in [0.25, 0.3) is 0 Å². The van der Waals surface area contributed by atoms with Crippen LogP contribution in [0.4, 0.5) is 0 Å². The summed E-state index contributed by atoms with van der Waals surface area (Å²) < 4.78 is 0. The summed E-state index contributed by atoms with van der Waals surface area (Å²) in [5.41, 5.74) is 4.81. The average molecular weight is 278 g/mol. The quantitative estimate of drug-likeness (QED) is 0.879. The van der Waals surface area contributed by atoms with Gasteiger partial charge in [0.25, 0.3) is 5.91 Å². The van der Waals surface area contributed by atoms with Gasteiger partial charge < -0.3 is 10.4 Å². The second-order valence-corrected chi connectivity index (χ2v) is 5.39. The van der Waals surface area contributed by atoms with Crippen molar-refractivity contribution in [1.82, 2.24) is 10.3 Å². The van der Waals surface area contributed by atoms with Crippen LogP contribution in [0.5, 0.6) is 0 Å². The molecule has 3 aliphatic carbocycles. The van der Waals surface area contributed by atoms with Gasteiger partial charge in [0.05, 0.1) is 5.69 Å². The van der Waals surface area contributed by atoms with Gasteiger partial charge in [-0.15, -0.1) is 0 Å². The minimum Gasteiger partial charge on any atom is -0.385 e. The zero-order valence-electron chi connectivity index (χ0n) is 11.3. The molecule has 0 radical (unpaired) electrons. The third kappa shape index (κ3) is 2.04. The van der Waals surface area contributed by atoms with Gasteiger partial charge in [0.2, 0.25) is 0 Å². The summed E-state index contributed by atoms with van der Waals surface area (Å²) in [6, 6.07) is 5.34. The van der Waals surface area contributed by atoms with Crippen LogP contribution in [-0.2, 0) is 4.79 Å². The summed E-state index contributed by atoms with van der Waals surface area (Å²) in [6.45, 7) is 0.155. The molecule has 104 valence electrons. The van der Waals surface area contributed by atoms with Crippen molar-refractivity contribution in [3.63, 3.8) is 0 Å². The smallest absolute Gasteiger partial charge is 0.252 e. The molecule has 1 heterocycles. The number of aliphatic hydroxyl groups is 1. The number of nitrogens with zero attached hydrogens (tertiary/aromatic N) is 1. The van der Waals surface area contributed by atoms with Crippen molar-refractivity contribution in [2.75, 3.05) is 6.54 Å². The lowest BCUT2D eigenvalue weighted by molar-refractivity contribution is -0.117. The van der Waals surface area contributed by atoms with Crippen LogP contribution in [0, 0.1) is 5.92 Å². The Morgan fingerprint density at radius 1 is 1.38 bits per heavy atom. The number of hydrogen-bond acceptors (Lipinski definition) is 3. The Kier molecular flexibility index (Phi) is 2.65. The van der Waals surface area contributed by atoms with Crippen molar-refractivity contribution >= 4 is 5.91 Å². The van der Waals surface area contributed by atoms with E-state index in [2.05, 4.69) is 22.5 Å². The van der Waals surface area contributed by atoms with E-state index in [4.69, 9.17) is 0 Å². The third-order valence-corrected chi connectivity index (χ3v) is 4.02. The predicted molar refractivity (Wildman–Crippen MR) is 78.0 cm³/mol. The van der Waals surface area contributed by atoms with Crippen molar-refractivity contribution in [2.24, 2.45) is 5.92 Å². The fourth-order valence-corrected chi connectivity index (χ4v) is 2.82. The van der Waals surface area contributed by atoms with E-state index in [1.807, 2.05) is 18.2 Å². The molecular formula is C17H14N2O2. The SMILES string of the molecule is O=C(NCC(O)c1ccccn1)C1=CC=C2C1=CC1=CC12. The molecule has 1 aromatic heterocycles. The maximum Gasteiger partial charge on any atom is 0.252 e. The molecule has 4 heteroatoms. The normalized spacial score (nSPS) is 22.4. The van der Waals surface area contributed by atoms with Crippen LogP contribution < -0.4 is 5.32 Å². The van der Waals surface area contributed by atoms with Gasteiger partial charge in [0.1, 0.15) is 6.10 Å². The monoisotopic (exact) mass is 278 g/mol. The van der Waals surface area contributed by atoms with Crippen LogP contribution in [0.2, 0.25) is 0 Å². The van der Waals surface area contributed by atoms with Crippen molar-refractivity contribution in [3.05, 3.63) is 76.7 Å². The van der Waals surface area contributed by atoms with Crippen LogP contribution in [0.3, 0.4) is 0 Å². The maximum atomic E-state index is 12.2. The number of amides is 1. The van der Waals surface area contributed by atoms with E-state index in [0.717, 1.165) is 5.57 Å². The number of fused-ring (bicyclic) bond motifs is 3. The molecule has 4 rings (SSSR count). The van der Waals surface area contributed by atoms with Crippen LogP contribution in [0.15, 0.2) is 71.0 Å². The maximum absolute atomic E-state index is 12.2. The van der Waals surface area contributed by atoms with E-state index in [9.17, 15) is 9.90 Å². The summed E-state index contributed by atoms with van der Waals surface area (Å²) in [5.74, 6) is 0.296. The number of aliphatic hydroxyl groups excluding tert-OH is 1. The molecule has 0 spiro atoms. The highest BCUT2D eigenvalue weighted by molar-refractivity contribution is 6.02. The second-order valence-electron chi connectivity index (χ2n) is 5.39. The summed E-state index contributed by atoms with van der Waals surface area (Å²) >= 11 is 0. The van der Waals surface area contributed by atoms with Crippen molar-refractivity contribution in [3.8, 4) is 0 Å². The number of nitrogens with one attached hydrogen (secondary N) is 1. The van der Waals surface area contributed by atoms with Gasteiger partial charge in [-0.3, -0.25) is 9.78 Å². The van der Waals surface area contributed by atoms with E-state index in [-0.39, 0.29) is 12.5 Å². The largest absolute Gasteiger partial charge is 0.385 e. The van der Waals surface area contributed by atoms with E-state index >= 15 is 0 Å². The Morgan fingerprint density at radius 2 is 2.29 bits per heavy atom. The molecular weight excluding hydrogens is 264 g/mol. The Hall–Kier alpha value is -2.46. The standard InChI is InChI=1S/C17H14N2O2/c20-16(15-3-1-2-6-18-15)9-19-17(21)12-5-4-11-13-7-10(13)8-14(11)12/h1-8,13,16,20H,9H2,(H,19,21). The molecule has 0 fully saturated rings. The molecule has 0 saturated carbocycles. The highest BCUT2D eigenvalue weighted by Crippen LogP contribution is 2.51. The summed E-state index contributed by atoms with van der Waals surface area (Å²) in [4.78, 5) is 16.3. The van der Waals surface area contributed by atoms with Crippen molar-refractivity contribution < 1.29 is 9.90 Å². The Morgan fingerprint density at radius 3 is 3.10 bits per heavy atom. The lowest BCUT2D eigenvalue weighted by atomic mass is 10.0. The van der Waals surface area contributed by atoms with E-state index in [1.54, 1.807) is 18.3 Å². The van der Waals surface area contributed by atoms with Gasteiger partial charge in [-0.05, 0) is 41.0 Å². The molecule has 1 amide bonds. The fourth-order valence-electron chi connectivity index (χ4n) is 2.82. The van der Waals surface area contributed by atoms with E-state index in [0.29, 0.717) is 17.2 Å². The Balaban J connectivity index is 1.39. The Labute approximate surface area is 122 Å². The summed E-state index contributed by atoms with van der Waals surface area (Å²) in [5, 5.41) is 12.8. The molecule has 2 unspecified atom stereocenters. The average Bonchev–Trinajstić information content (AvgIpc) is 3.00. The zero-order valence-corrected chi connectivity index (χ0v) is 11.3. The summed E-state index contributed by atoms with van der Waals surface area (Å²) in [7, 11) is 0. The molecule has 3 aliphatic rings. The first kappa shape index (κ1) is 12.3. The molecule has 0 saturated heterocycles. The van der Waals surface area contributed by atoms with Crippen molar-refractivity contribution in [2.45, 2.75) is 6.10 Å². The van der Waals surface area contributed by atoms with Crippen LogP contribution >= 0.6 is 0 Å². The number of allylic oxidation sites excluding steroid dienone is 6. The van der Waals surface area contributed by atoms with Crippen molar-refractivity contribution in [1.29, 1.82) is 0 Å². The van der Waals surface area contributed by atoms with Gasteiger partial charge in [-0.2, -0.15) is 0 Å². The first-order chi connectivity index (χ1) is 10.2. The number of pyridine rings is 1. The van der Waals surface area contributed by atoms with E-state index in [1.165, 1.54) is 11.1 Å². The third-order valence-electron chi connectivity index (χ3n) is 4.02. The summed E-state index contributed by atoms with van der Waals surface area (Å²) in [6.07, 6.45) is 8.96. The number of carbonyl (C=O) groups is 1. The zero-order chi connectivity index (χ0) is 14.4. The molecule has 1 aromatic rings. The molecule has 2 N–H and O–H groups in total. The number of carbonyl (C=O) groups excluding carboxylic acids is 1. The van der Waals surface area contributed by atoms with Crippen LogP contribution in [-0.4, -0.2) is 22.5 Å². The molecule has 21 heavy (non-hydrogen) atoms. The van der Waals surface area contributed by atoms with Gasteiger partial charge in [-0.1, -0.05) is 18.2 Å². The van der Waals surface area contributed by atoms with E-state index < -0.39 is 6.10 Å². The minimum atomic E-state index is -0.793. The van der Waals surface area contributed by atoms with Gasteiger partial charge in [0.15, 0.2) is 0 Å². The number of rotatable bonds is 4. The highest BCUT2D eigenvalue weighted by Gasteiger charge is 2.39. The minimum absolute atomic E-state index is 0.149. The Bertz CT molecular complexity index is 741. The molecule has 0 aliphatic heterocycles. The fraction of sp³-hybridized carbons (Fsp3) is 0.176. The predicted octanol–water partition coefficient (Wildman–Crippen LogP) is 1.59. The van der Waals surface area contributed by atoms with Gasteiger partial charge in [-0.25, -0.2) is 0 Å². The lowest BCUT2D eigenvalue weighted by Crippen LogP contribution is -2.30. The number of hydrogen-bond donors (Lipinski definition) is 2. The van der Waals surface area contributed by atoms with Gasteiger partial charge in [0, 0.05) is 24.2 Å². The molecule has 0 bridgehead atoms. The molecule has 4 nitrogen and oxygen atoms in total. The molecule has 2 atom stereocenters. The number of aromatic nitrogens is 1. The first-order valence-corrected chi connectivity index (χ1v) is 6.97. The van der Waals surface area contributed by atoms with Crippen LogP contribution in [0.1, 0.15) is 11.8 Å². The van der Waals surface area contributed by atoms with Gasteiger partial charge >= 0.3 is 0 Å². The first-order valence-electron chi connectivity index (χ1n) is 6.97.